The molecule has 0 saturated carbocycles. The van der Waals surface area contributed by atoms with E-state index in [9.17, 15) is 8.60 Å². The van der Waals surface area contributed by atoms with Gasteiger partial charge in [-0.15, -0.1) is 0 Å². The van der Waals surface area contributed by atoms with Crippen LogP contribution in [0.2, 0.25) is 0 Å². The number of ether oxygens (including phenoxy) is 2. The predicted octanol–water partition coefficient (Wildman–Crippen LogP) is 2.49. The molecule has 0 amide bonds. The lowest BCUT2D eigenvalue weighted by Crippen LogP contribution is -2.15. The van der Waals surface area contributed by atoms with Crippen LogP contribution in [0, 0.1) is 5.82 Å². The van der Waals surface area contributed by atoms with Crippen LogP contribution in [0.15, 0.2) is 41.3 Å². The van der Waals surface area contributed by atoms with Crippen molar-refractivity contribution in [3.63, 3.8) is 0 Å². The molecular formula is C15H14FNO3S. The number of benzene rings is 2. The molecule has 0 fully saturated rings. The van der Waals surface area contributed by atoms with Crippen molar-refractivity contribution in [1.29, 1.82) is 0 Å². The van der Waals surface area contributed by atoms with Gasteiger partial charge in [0.05, 0.1) is 16.6 Å². The zero-order valence-corrected chi connectivity index (χ0v) is 12.0. The van der Waals surface area contributed by atoms with Gasteiger partial charge in [0, 0.05) is 22.2 Å². The maximum absolute atomic E-state index is 13.7. The van der Waals surface area contributed by atoms with Crippen molar-refractivity contribution in [2.24, 2.45) is 0 Å². The van der Waals surface area contributed by atoms with Crippen molar-refractivity contribution >= 4 is 16.5 Å². The van der Waals surface area contributed by atoms with E-state index in [0.717, 1.165) is 0 Å². The van der Waals surface area contributed by atoms with Crippen LogP contribution in [0.3, 0.4) is 0 Å². The summed E-state index contributed by atoms with van der Waals surface area (Å²) in [6, 6.07) is 9.52. The zero-order chi connectivity index (χ0) is 14.8. The smallest absolute Gasteiger partial charge is 0.162 e. The zero-order valence-electron chi connectivity index (χ0n) is 11.2. The Hall–Kier alpha value is -2.08. The Kier molecular flexibility index (Phi) is 3.79. The molecule has 3 rings (SSSR count). The second kappa shape index (κ2) is 5.73. The van der Waals surface area contributed by atoms with Crippen molar-refractivity contribution < 1.29 is 18.1 Å². The van der Waals surface area contributed by atoms with Crippen LogP contribution in [0.1, 0.15) is 5.56 Å². The molecule has 0 saturated heterocycles. The summed E-state index contributed by atoms with van der Waals surface area (Å²) < 4.78 is 37.0. The SMILES string of the molecule is Nc1cccc(F)c1CS(=O)c1ccc2c(c1)OCCO2. The Labute approximate surface area is 124 Å². The van der Waals surface area contributed by atoms with Gasteiger partial charge in [-0.2, -0.15) is 0 Å². The van der Waals surface area contributed by atoms with E-state index in [2.05, 4.69) is 0 Å². The summed E-state index contributed by atoms with van der Waals surface area (Å²) in [4.78, 5) is 0.557. The molecule has 0 bridgehead atoms. The van der Waals surface area contributed by atoms with Gasteiger partial charge in [-0.05, 0) is 24.3 Å². The first-order valence-electron chi connectivity index (χ1n) is 6.46. The van der Waals surface area contributed by atoms with Crippen molar-refractivity contribution in [2.75, 3.05) is 18.9 Å². The molecule has 110 valence electrons. The maximum Gasteiger partial charge on any atom is 0.162 e. The Morgan fingerprint density at radius 1 is 1.14 bits per heavy atom. The first kappa shape index (κ1) is 13.9. The van der Waals surface area contributed by atoms with Crippen LogP contribution >= 0.6 is 0 Å². The van der Waals surface area contributed by atoms with Gasteiger partial charge in [0.15, 0.2) is 11.5 Å². The number of anilines is 1. The molecule has 0 spiro atoms. The van der Waals surface area contributed by atoms with Crippen molar-refractivity contribution in [2.45, 2.75) is 10.6 Å². The van der Waals surface area contributed by atoms with Crippen LogP contribution in [-0.2, 0) is 16.6 Å². The van der Waals surface area contributed by atoms with E-state index in [0.29, 0.717) is 35.3 Å². The molecule has 2 aromatic rings. The highest BCUT2D eigenvalue weighted by Crippen LogP contribution is 2.32. The van der Waals surface area contributed by atoms with E-state index in [4.69, 9.17) is 15.2 Å². The number of nitrogen functional groups attached to an aromatic ring is 1. The third-order valence-electron chi connectivity index (χ3n) is 3.21. The summed E-state index contributed by atoms with van der Waals surface area (Å²) in [5, 5.41) is 0. The summed E-state index contributed by atoms with van der Waals surface area (Å²) in [7, 11) is -1.41. The first-order chi connectivity index (χ1) is 10.1. The van der Waals surface area contributed by atoms with Crippen molar-refractivity contribution in [3.05, 3.63) is 47.8 Å². The van der Waals surface area contributed by atoms with E-state index in [1.807, 2.05) is 0 Å². The fraction of sp³-hybridized carbons (Fsp3) is 0.200. The van der Waals surface area contributed by atoms with Gasteiger partial charge in [-0.3, -0.25) is 4.21 Å². The number of fused-ring (bicyclic) bond motifs is 1. The summed E-state index contributed by atoms with van der Waals surface area (Å²) in [5.74, 6) is 0.778. The maximum atomic E-state index is 13.7. The molecule has 1 unspecified atom stereocenters. The summed E-state index contributed by atoms with van der Waals surface area (Å²) in [6.07, 6.45) is 0. The third-order valence-corrected chi connectivity index (χ3v) is 4.54. The summed E-state index contributed by atoms with van der Waals surface area (Å²) in [5.41, 5.74) is 6.32. The van der Waals surface area contributed by atoms with Gasteiger partial charge >= 0.3 is 0 Å². The molecule has 21 heavy (non-hydrogen) atoms. The number of nitrogens with two attached hydrogens (primary N) is 1. The van der Waals surface area contributed by atoms with E-state index < -0.39 is 16.6 Å². The highest BCUT2D eigenvalue weighted by atomic mass is 32.2. The number of halogens is 1. The largest absolute Gasteiger partial charge is 0.486 e. The molecule has 0 aliphatic carbocycles. The van der Waals surface area contributed by atoms with Gasteiger partial charge in [0.2, 0.25) is 0 Å². The van der Waals surface area contributed by atoms with Crippen LogP contribution in [-0.4, -0.2) is 17.4 Å². The van der Waals surface area contributed by atoms with E-state index in [1.54, 1.807) is 24.3 Å². The van der Waals surface area contributed by atoms with Gasteiger partial charge in [-0.1, -0.05) is 6.07 Å². The molecule has 6 heteroatoms. The molecule has 0 aromatic heterocycles. The monoisotopic (exact) mass is 307 g/mol. The molecule has 1 aliphatic heterocycles. The predicted molar refractivity (Wildman–Crippen MR) is 78.4 cm³/mol. The van der Waals surface area contributed by atoms with Gasteiger partial charge < -0.3 is 15.2 Å². The standard InChI is InChI=1S/C15H14FNO3S/c16-12-2-1-3-13(17)11(12)9-21(18)10-4-5-14-15(8-10)20-7-6-19-14/h1-5,8H,6-7,9,17H2. The fourth-order valence-corrected chi connectivity index (χ4v) is 3.30. The average Bonchev–Trinajstić information content (AvgIpc) is 2.50. The number of rotatable bonds is 3. The van der Waals surface area contributed by atoms with Crippen LogP contribution in [0.5, 0.6) is 11.5 Å². The molecule has 1 atom stereocenters. The van der Waals surface area contributed by atoms with Crippen molar-refractivity contribution in [1.82, 2.24) is 0 Å². The molecule has 1 heterocycles. The Morgan fingerprint density at radius 3 is 2.67 bits per heavy atom. The normalized spacial score (nSPS) is 14.7. The summed E-state index contributed by atoms with van der Waals surface area (Å²) in [6.45, 7) is 0.963. The minimum absolute atomic E-state index is 0.0259. The Balaban J connectivity index is 1.86. The molecule has 2 N–H and O–H groups in total. The van der Waals surface area contributed by atoms with E-state index >= 15 is 0 Å². The molecule has 0 radical (unpaired) electrons. The molecule has 1 aliphatic rings. The average molecular weight is 307 g/mol. The molecule has 4 nitrogen and oxygen atoms in total. The second-order valence-electron chi connectivity index (χ2n) is 4.60. The lowest BCUT2D eigenvalue weighted by molar-refractivity contribution is 0.171. The van der Waals surface area contributed by atoms with E-state index in [1.165, 1.54) is 12.1 Å². The quantitative estimate of drug-likeness (QED) is 0.885. The Morgan fingerprint density at radius 2 is 1.90 bits per heavy atom. The fourth-order valence-electron chi connectivity index (χ4n) is 2.11. The summed E-state index contributed by atoms with van der Waals surface area (Å²) >= 11 is 0. The van der Waals surface area contributed by atoms with E-state index in [-0.39, 0.29) is 11.3 Å². The lowest BCUT2D eigenvalue weighted by Gasteiger charge is -2.18. The Bertz CT molecular complexity index is 685. The van der Waals surface area contributed by atoms with Crippen LogP contribution < -0.4 is 15.2 Å². The minimum Gasteiger partial charge on any atom is -0.486 e. The third kappa shape index (κ3) is 2.85. The topological polar surface area (TPSA) is 61.6 Å². The highest BCUT2D eigenvalue weighted by molar-refractivity contribution is 7.84. The number of hydrogen-bond acceptors (Lipinski definition) is 4. The second-order valence-corrected chi connectivity index (χ2v) is 6.05. The van der Waals surface area contributed by atoms with Gasteiger partial charge in [-0.25, -0.2) is 4.39 Å². The van der Waals surface area contributed by atoms with Crippen molar-refractivity contribution in [3.8, 4) is 11.5 Å². The first-order valence-corrected chi connectivity index (χ1v) is 7.78. The van der Waals surface area contributed by atoms with Gasteiger partial charge in [0.1, 0.15) is 19.0 Å². The van der Waals surface area contributed by atoms with Crippen LogP contribution in [0.4, 0.5) is 10.1 Å². The van der Waals surface area contributed by atoms with Gasteiger partial charge in [0.25, 0.3) is 0 Å². The highest BCUT2D eigenvalue weighted by Gasteiger charge is 2.16. The molecular weight excluding hydrogens is 293 g/mol. The minimum atomic E-state index is -1.41. The number of hydrogen-bond donors (Lipinski definition) is 1. The molecule has 2 aromatic carbocycles. The lowest BCUT2D eigenvalue weighted by atomic mass is 10.2. The van der Waals surface area contributed by atoms with Crippen LogP contribution in [0.25, 0.3) is 0 Å².